The van der Waals surface area contributed by atoms with Crippen molar-refractivity contribution in [3.05, 3.63) is 58.9 Å². The molecular weight excluding hydrogens is 407 g/mol. The molecule has 154 valence electrons. The number of aromatic amines is 1. The molecule has 3 heterocycles. The van der Waals surface area contributed by atoms with Crippen LogP contribution in [0.2, 0.25) is 0 Å². The molecular formula is C21H20ClFN6O. The van der Waals surface area contributed by atoms with E-state index in [4.69, 9.17) is 11.6 Å². The van der Waals surface area contributed by atoms with E-state index in [1.165, 1.54) is 12.1 Å². The summed E-state index contributed by atoms with van der Waals surface area (Å²) in [6.45, 7) is 6.07. The third-order valence-corrected chi connectivity index (χ3v) is 5.75. The van der Waals surface area contributed by atoms with Gasteiger partial charge in [0.1, 0.15) is 11.9 Å². The zero-order valence-corrected chi connectivity index (χ0v) is 17.5. The fraction of sp³-hybridized carbons (Fsp3) is 0.333. The van der Waals surface area contributed by atoms with Crippen molar-refractivity contribution in [1.82, 2.24) is 20.0 Å². The van der Waals surface area contributed by atoms with Crippen molar-refractivity contribution in [1.29, 1.82) is 5.26 Å². The van der Waals surface area contributed by atoms with Crippen LogP contribution in [0.4, 0.5) is 10.1 Å². The van der Waals surface area contributed by atoms with Crippen molar-refractivity contribution in [2.75, 3.05) is 11.4 Å². The van der Waals surface area contributed by atoms with Crippen LogP contribution in [0, 0.1) is 24.1 Å². The molecule has 4 rings (SSSR count). The van der Waals surface area contributed by atoms with Gasteiger partial charge in [-0.05, 0) is 37.1 Å². The molecule has 0 radical (unpaired) electrons. The van der Waals surface area contributed by atoms with E-state index in [-0.39, 0.29) is 29.9 Å². The van der Waals surface area contributed by atoms with Crippen molar-refractivity contribution in [2.24, 2.45) is 0 Å². The number of nitriles is 1. The Morgan fingerprint density at radius 1 is 1.33 bits per heavy atom. The summed E-state index contributed by atoms with van der Waals surface area (Å²) < 4.78 is 15.1. The number of nitrogens with zero attached hydrogens (tertiary/aromatic N) is 5. The maximum Gasteiger partial charge on any atom is 0.236 e. The fourth-order valence-electron chi connectivity index (χ4n) is 4.00. The van der Waals surface area contributed by atoms with Crippen LogP contribution < -0.4 is 4.90 Å². The van der Waals surface area contributed by atoms with Crippen LogP contribution in [0.1, 0.15) is 48.3 Å². The average molecular weight is 427 g/mol. The monoisotopic (exact) mass is 426 g/mol. The molecule has 1 aliphatic rings. The minimum atomic E-state index is -0.672. The summed E-state index contributed by atoms with van der Waals surface area (Å²) in [5.74, 6) is -1.16. The van der Waals surface area contributed by atoms with Gasteiger partial charge in [-0.1, -0.05) is 13.8 Å². The summed E-state index contributed by atoms with van der Waals surface area (Å²) >= 11 is 6.60. The lowest BCUT2D eigenvalue weighted by Gasteiger charge is -2.20. The lowest BCUT2D eigenvalue weighted by atomic mass is 9.95. The van der Waals surface area contributed by atoms with Gasteiger partial charge in [-0.3, -0.25) is 9.89 Å². The Labute approximate surface area is 178 Å². The number of carbonyl (C=O) groups is 1. The Kier molecular flexibility index (Phi) is 5.08. The third kappa shape index (κ3) is 3.15. The third-order valence-electron chi connectivity index (χ3n) is 5.36. The standard InChI is InChI=1S/C21H20ClFN6O/c1-11(2)20-17(9-25-29(20)14-6-4-13(23)5-7-14)28-10-15(22)19(21(28)30)18-12(3)26-27-16(18)8-24/h4-7,9,11,15,19H,10H2,1-3H3,(H,26,27). The van der Waals surface area contributed by atoms with Gasteiger partial charge in [0.2, 0.25) is 5.91 Å². The number of aromatic nitrogens is 4. The van der Waals surface area contributed by atoms with E-state index in [2.05, 4.69) is 15.3 Å². The average Bonchev–Trinajstić information content (AvgIpc) is 3.38. The molecule has 1 N–H and O–H groups in total. The molecule has 0 saturated carbocycles. The molecule has 1 fully saturated rings. The van der Waals surface area contributed by atoms with Crippen LogP contribution in [-0.2, 0) is 4.79 Å². The molecule has 3 aromatic rings. The number of nitrogens with one attached hydrogen (secondary N) is 1. The minimum Gasteiger partial charge on any atom is -0.307 e. The summed E-state index contributed by atoms with van der Waals surface area (Å²) in [4.78, 5) is 15.0. The van der Waals surface area contributed by atoms with E-state index < -0.39 is 11.3 Å². The summed E-state index contributed by atoms with van der Waals surface area (Å²) in [7, 11) is 0. The molecule has 2 aromatic heterocycles. The van der Waals surface area contributed by atoms with Crippen molar-refractivity contribution in [3.63, 3.8) is 0 Å². The molecule has 2 atom stereocenters. The van der Waals surface area contributed by atoms with Gasteiger partial charge in [0, 0.05) is 17.8 Å². The number of carbonyl (C=O) groups excluding carboxylic acids is 1. The van der Waals surface area contributed by atoms with E-state index >= 15 is 0 Å². The highest BCUT2D eigenvalue weighted by Gasteiger charge is 2.45. The molecule has 30 heavy (non-hydrogen) atoms. The molecule has 0 spiro atoms. The van der Waals surface area contributed by atoms with E-state index in [1.54, 1.807) is 34.8 Å². The van der Waals surface area contributed by atoms with E-state index in [1.807, 2.05) is 19.9 Å². The second-order valence-corrected chi connectivity index (χ2v) is 8.18. The minimum absolute atomic E-state index is 0.0403. The van der Waals surface area contributed by atoms with Crippen LogP contribution in [-0.4, -0.2) is 37.8 Å². The summed E-state index contributed by atoms with van der Waals surface area (Å²) in [6.07, 6.45) is 1.63. The molecule has 2 unspecified atom stereocenters. The van der Waals surface area contributed by atoms with Crippen LogP contribution >= 0.6 is 11.6 Å². The summed E-state index contributed by atoms with van der Waals surface area (Å²) in [6, 6.07) is 8.06. The van der Waals surface area contributed by atoms with E-state index in [9.17, 15) is 14.4 Å². The van der Waals surface area contributed by atoms with Crippen LogP contribution in [0.3, 0.4) is 0 Å². The Bertz CT molecular complexity index is 1140. The summed E-state index contributed by atoms with van der Waals surface area (Å²) in [5, 5.41) is 20.1. The smallest absolute Gasteiger partial charge is 0.236 e. The fourth-order valence-corrected chi connectivity index (χ4v) is 4.37. The van der Waals surface area contributed by atoms with Crippen molar-refractivity contribution in [3.8, 4) is 11.8 Å². The first kappa shape index (κ1) is 20.1. The second-order valence-electron chi connectivity index (χ2n) is 7.62. The molecule has 1 saturated heterocycles. The molecule has 1 aliphatic heterocycles. The van der Waals surface area contributed by atoms with Crippen LogP contribution in [0.5, 0.6) is 0 Å². The Hall–Kier alpha value is -3.18. The number of H-pyrrole nitrogens is 1. The number of alkyl halides is 1. The predicted molar refractivity (Wildman–Crippen MR) is 110 cm³/mol. The number of halogens is 2. The van der Waals surface area contributed by atoms with Gasteiger partial charge in [-0.2, -0.15) is 15.5 Å². The number of benzene rings is 1. The quantitative estimate of drug-likeness (QED) is 0.643. The SMILES string of the molecule is Cc1[nH]nc(C#N)c1C1C(=O)N(c2cnn(-c3ccc(F)cc3)c2C(C)C)CC1Cl. The van der Waals surface area contributed by atoms with E-state index in [0.717, 1.165) is 5.69 Å². The van der Waals surface area contributed by atoms with Crippen molar-refractivity contribution < 1.29 is 9.18 Å². The normalized spacial score (nSPS) is 19.0. The lowest BCUT2D eigenvalue weighted by molar-refractivity contribution is -0.118. The second kappa shape index (κ2) is 7.58. The lowest BCUT2D eigenvalue weighted by Crippen LogP contribution is -2.27. The van der Waals surface area contributed by atoms with Gasteiger partial charge in [0.05, 0.1) is 34.6 Å². The zero-order chi connectivity index (χ0) is 21.6. The van der Waals surface area contributed by atoms with Crippen molar-refractivity contribution >= 4 is 23.2 Å². The van der Waals surface area contributed by atoms with Crippen LogP contribution in [0.15, 0.2) is 30.5 Å². The highest BCUT2D eigenvalue weighted by molar-refractivity contribution is 6.26. The number of anilines is 1. The van der Waals surface area contributed by atoms with Crippen LogP contribution in [0.25, 0.3) is 5.69 Å². The molecule has 7 nitrogen and oxygen atoms in total. The highest BCUT2D eigenvalue weighted by Crippen LogP contribution is 2.40. The first-order chi connectivity index (χ1) is 14.3. The van der Waals surface area contributed by atoms with Gasteiger partial charge in [-0.15, -0.1) is 11.6 Å². The number of aryl methyl sites for hydroxylation is 1. The van der Waals surface area contributed by atoms with E-state index in [0.29, 0.717) is 22.6 Å². The first-order valence-corrected chi connectivity index (χ1v) is 10.0. The zero-order valence-electron chi connectivity index (χ0n) is 16.7. The first-order valence-electron chi connectivity index (χ1n) is 9.57. The highest BCUT2D eigenvalue weighted by atomic mass is 35.5. The topological polar surface area (TPSA) is 90.6 Å². The van der Waals surface area contributed by atoms with Gasteiger partial charge in [0.25, 0.3) is 0 Å². The number of rotatable bonds is 4. The Balaban J connectivity index is 1.76. The summed E-state index contributed by atoms with van der Waals surface area (Å²) in [5.41, 5.74) is 3.57. The number of amides is 1. The van der Waals surface area contributed by atoms with Crippen molar-refractivity contribution in [2.45, 2.75) is 38.0 Å². The largest absolute Gasteiger partial charge is 0.307 e. The predicted octanol–water partition coefficient (Wildman–Crippen LogP) is 3.78. The molecule has 9 heteroatoms. The van der Waals surface area contributed by atoms with Gasteiger partial charge >= 0.3 is 0 Å². The number of hydrogen-bond donors (Lipinski definition) is 1. The molecule has 1 amide bonds. The Morgan fingerprint density at radius 2 is 2.03 bits per heavy atom. The maximum atomic E-state index is 13.4. The molecule has 1 aromatic carbocycles. The number of hydrogen-bond acceptors (Lipinski definition) is 4. The van der Waals surface area contributed by atoms with Gasteiger partial charge in [-0.25, -0.2) is 9.07 Å². The van der Waals surface area contributed by atoms with Gasteiger partial charge < -0.3 is 4.90 Å². The van der Waals surface area contributed by atoms with Gasteiger partial charge in [0.15, 0.2) is 5.69 Å². The Morgan fingerprint density at radius 3 is 2.67 bits per heavy atom. The maximum absolute atomic E-state index is 13.4. The molecule has 0 bridgehead atoms. The molecule has 0 aliphatic carbocycles.